The fourth-order valence-corrected chi connectivity index (χ4v) is 3.19. The summed E-state index contributed by atoms with van der Waals surface area (Å²) < 4.78 is 5.21. The van der Waals surface area contributed by atoms with Gasteiger partial charge in [-0.3, -0.25) is 4.79 Å². The first-order valence-electron chi connectivity index (χ1n) is 9.55. The molecule has 6 heteroatoms. The van der Waals surface area contributed by atoms with Crippen LogP contribution in [0.15, 0.2) is 53.5 Å². The third kappa shape index (κ3) is 4.82. The summed E-state index contributed by atoms with van der Waals surface area (Å²) in [6, 6.07) is 16.4. The average molecular weight is 380 g/mol. The molecule has 0 atom stereocenters. The number of hydrogen-bond acceptors (Lipinski definition) is 3. The van der Waals surface area contributed by atoms with Crippen LogP contribution in [0.5, 0.6) is 5.75 Å². The number of nitrogens with one attached hydrogen (secondary N) is 1. The van der Waals surface area contributed by atoms with Crippen LogP contribution in [-0.4, -0.2) is 57.6 Å². The smallest absolute Gasteiger partial charge is 0.243 e. The summed E-state index contributed by atoms with van der Waals surface area (Å²) in [6.07, 6.45) is 1.84. The van der Waals surface area contributed by atoms with Crippen molar-refractivity contribution in [2.45, 2.75) is 12.8 Å². The van der Waals surface area contributed by atoms with E-state index < -0.39 is 0 Å². The molecule has 0 radical (unpaired) electrons. The van der Waals surface area contributed by atoms with E-state index >= 15 is 0 Å². The molecule has 0 fully saturated rings. The second-order valence-electron chi connectivity index (χ2n) is 6.98. The fraction of sp³-hybridized carbons (Fsp3) is 0.364. The molecular formula is C22H28N4O2. The number of carbonyl (C=O) groups excluding carboxylic acids is 1. The topological polar surface area (TPSA) is 57.2 Å². The Hall–Kier alpha value is -3.02. The van der Waals surface area contributed by atoms with Crippen molar-refractivity contribution in [2.24, 2.45) is 4.99 Å². The molecule has 2 aromatic rings. The first-order valence-corrected chi connectivity index (χ1v) is 9.55. The van der Waals surface area contributed by atoms with Crippen molar-refractivity contribution in [1.29, 1.82) is 0 Å². The predicted molar refractivity (Wildman–Crippen MR) is 113 cm³/mol. The quantitative estimate of drug-likeness (QED) is 0.617. The van der Waals surface area contributed by atoms with E-state index in [1.807, 2.05) is 18.2 Å². The van der Waals surface area contributed by atoms with Crippen molar-refractivity contribution in [3.63, 3.8) is 0 Å². The Morgan fingerprint density at radius 1 is 1.18 bits per heavy atom. The van der Waals surface area contributed by atoms with E-state index in [-0.39, 0.29) is 12.5 Å². The molecule has 148 valence electrons. The van der Waals surface area contributed by atoms with Crippen molar-refractivity contribution >= 4 is 17.6 Å². The molecule has 0 spiro atoms. The minimum atomic E-state index is -0.0121. The number of benzene rings is 2. The predicted octanol–water partition coefficient (Wildman–Crippen LogP) is 2.33. The van der Waals surface area contributed by atoms with Gasteiger partial charge in [0, 0.05) is 32.9 Å². The lowest BCUT2D eigenvalue weighted by molar-refractivity contribution is -0.127. The van der Waals surface area contributed by atoms with Crippen LogP contribution >= 0.6 is 0 Å². The molecule has 1 N–H and O–H groups in total. The van der Waals surface area contributed by atoms with E-state index in [2.05, 4.69) is 45.5 Å². The van der Waals surface area contributed by atoms with E-state index in [1.165, 1.54) is 11.1 Å². The van der Waals surface area contributed by atoms with Crippen molar-refractivity contribution in [3.05, 3.63) is 59.7 Å². The largest absolute Gasteiger partial charge is 0.497 e. The Bertz CT molecular complexity index is 831. The Kier molecular flexibility index (Phi) is 6.53. The number of para-hydroxylation sites is 1. The summed E-state index contributed by atoms with van der Waals surface area (Å²) >= 11 is 0. The maximum atomic E-state index is 12.0. The Balaban J connectivity index is 1.69. The van der Waals surface area contributed by atoms with Crippen LogP contribution in [0.3, 0.4) is 0 Å². The van der Waals surface area contributed by atoms with Gasteiger partial charge in [-0.25, -0.2) is 4.99 Å². The summed E-state index contributed by atoms with van der Waals surface area (Å²) in [6.45, 7) is 1.74. The average Bonchev–Trinajstić information content (AvgIpc) is 3.14. The SMILES string of the molecule is COc1ccc(CCNC(=NCC(=O)N(C)C)N2CCc3ccccc32)cc1. The van der Waals surface area contributed by atoms with E-state index in [9.17, 15) is 4.79 Å². The zero-order valence-corrected chi connectivity index (χ0v) is 16.8. The van der Waals surface area contributed by atoms with Crippen LogP contribution in [0.4, 0.5) is 5.69 Å². The van der Waals surface area contributed by atoms with Crippen molar-refractivity contribution in [3.8, 4) is 5.75 Å². The number of hydrogen-bond donors (Lipinski definition) is 1. The molecule has 0 aromatic heterocycles. The zero-order chi connectivity index (χ0) is 19.9. The molecule has 1 heterocycles. The fourth-order valence-electron chi connectivity index (χ4n) is 3.19. The lowest BCUT2D eigenvalue weighted by Gasteiger charge is -2.23. The third-order valence-electron chi connectivity index (χ3n) is 4.86. The lowest BCUT2D eigenvalue weighted by Crippen LogP contribution is -2.42. The van der Waals surface area contributed by atoms with Crippen molar-refractivity contribution < 1.29 is 9.53 Å². The molecule has 28 heavy (non-hydrogen) atoms. The number of rotatable bonds is 6. The second-order valence-corrected chi connectivity index (χ2v) is 6.98. The van der Waals surface area contributed by atoms with Gasteiger partial charge in [0.1, 0.15) is 12.3 Å². The minimum absolute atomic E-state index is 0.0121. The molecule has 1 aliphatic rings. The highest BCUT2D eigenvalue weighted by atomic mass is 16.5. The summed E-state index contributed by atoms with van der Waals surface area (Å²) in [4.78, 5) is 20.4. The minimum Gasteiger partial charge on any atom is -0.497 e. The number of nitrogens with zero attached hydrogens (tertiary/aromatic N) is 3. The van der Waals surface area contributed by atoms with Gasteiger partial charge in [-0.05, 0) is 42.2 Å². The highest BCUT2D eigenvalue weighted by Crippen LogP contribution is 2.27. The van der Waals surface area contributed by atoms with Gasteiger partial charge in [0.05, 0.1) is 7.11 Å². The number of aliphatic imine (C=N–C) groups is 1. The second kappa shape index (κ2) is 9.26. The zero-order valence-electron chi connectivity index (χ0n) is 16.8. The molecule has 0 saturated heterocycles. The van der Waals surface area contributed by atoms with E-state index in [1.54, 1.807) is 26.1 Å². The van der Waals surface area contributed by atoms with Gasteiger partial charge in [0.2, 0.25) is 5.91 Å². The number of fused-ring (bicyclic) bond motifs is 1. The molecule has 0 aliphatic carbocycles. The molecule has 0 saturated carbocycles. The first-order chi connectivity index (χ1) is 13.6. The van der Waals surface area contributed by atoms with Gasteiger partial charge in [-0.15, -0.1) is 0 Å². The molecule has 2 aromatic carbocycles. The van der Waals surface area contributed by atoms with E-state index in [0.29, 0.717) is 0 Å². The maximum Gasteiger partial charge on any atom is 0.243 e. The Morgan fingerprint density at radius 3 is 2.64 bits per heavy atom. The number of carbonyl (C=O) groups is 1. The van der Waals surface area contributed by atoms with Crippen LogP contribution in [-0.2, 0) is 17.6 Å². The first kappa shape index (κ1) is 19.7. The van der Waals surface area contributed by atoms with Gasteiger partial charge in [0.15, 0.2) is 5.96 Å². The number of likely N-dealkylation sites (N-methyl/N-ethyl adjacent to an activating group) is 1. The molecular weight excluding hydrogens is 352 g/mol. The lowest BCUT2D eigenvalue weighted by atomic mass is 10.1. The van der Waals surface area contributed by atoms with Gasteiger partial charge in [0.25, 0.3) is 0 Å². The molecule has 0 bridgehead atoms. The van der Waals surface area contributed by atoms with Crippen molar-refractivity contribution in [1.82, 2.24) is 10.2 Å². The summed E-state index contributed by atoms with van der Waals surface area (Å²) in [5.74, 6) is 1.60. The maximum absolute atomic E-state index is 12.0. The van der Waals surface area contributed by atoms with Crippen LogP contribution in [0.1, 0.15) is 11.1 Å². The summed E-state index contributed by atoms with van der Waals surface area (Å²) in [5, 5.41) is 3.45. The van der Waals surface area contributed by atoms with Gasteiger partial charge >= 0.3 is 0 Å². The normalized spacial score (nSPS) is 13.2. The van der Waals surface area contributed by atoms with Gasteiger partial charge < -0.3 is 19.9 Å². The number of ether oxygens (including phenoxy) is 1. The van der Waals surface area contributed by atoms with Gasteiger partial charge in [-0.1, -0.05) is 30.3 Å². The van der Waals surface area contributed by atoms with Crippen molar-refractivity contribution in [2.75, 3.05) is 45.7 Å². The molecule has 0 unspecified atom stereocenters. The Morgan fingerprint density at radius 2 is 1.93 bits per heavy atom. The molecule has 1 aliphatic heterocycles. The Labute approximate surface area is 166 Å². The summed E-state index contributed by atoms with van der Waals surface area (Å²) in [7, 11) is 5.17. The monoisotopic (exact) mass is 380 g/mol. The number of amides is 1. The highest BCUT2D eigenvalue weighted by molar-refractivity contribution is 5.99. The third-order valence-corrected chi connectivity index (χ3v) is 4.86. The van der Waals surface area contributed by atoms with E-state index in [4.69, 9.17) is 4.74 Å². The number of methoxy groups -OCH3 is 1. The van der Waals surface area contributed by atoms with E-state index in [0.717, 1.165) is 43.3 Å². The molecule has 3 rings (SSSR count). The molecule has 1 amide bonds. The number of anilines is 1. The molecule has 6 nitrogen and oxygen atoms in total. The summed E-state index contributed by atoms with van der Waals surface area (Å²) in [5.41, 5.74) is 3.69. The highest BCUT2D eigenvalue weighted by Gasteiger charge is 2.22. The standard InChI is InChI=1S/C22H28N4O2/c1-25(2)21(27)16-24-22(26-15-13-18-6-4-5-7-20(18)26)23-14-12-17-8-10-19(28-3)11-9-17/h4-11H,12-16H2,1-3H3,(H,23,24). The van der Waals surface area contributed by atoms with Gasteiger partial charge in [-0.2, -0.15) is 0 Å². The van der Waals surface area contributed by atoms with Crippen LogP contribution < -0.4 is 15.0 Å². The van der Waals surface area contributed by atoms with Crippen LogP contribution in [0, 0.1) is 0 Å². The van der Waals surface area contributed by atoms with Crippen LogP contribution in [0.2, 0.25) is 0 Å². The van der Waals surface area contributed by atoms with Crippen LogP contribution in [0.25, 0.3) is 0 Å². The number of guanidine groups is 1.